The van der Waals surface area contributed by atoms with E-state index in [1.54, 1.807) is 0 Å². The second-order valence-electron chi connectivity index (χ2n) is 4.74. The van der Waals surface area contributed by atoms with Crippen LogP contribution in [0.15, 0.2) is 0 Å². The third-order valence-electron chi connectivity index (χ3n) is 3.52. The van der Waals surface area contributed by atoms with Crippen LogP contribution < -0.4 is 5.32 Å². The lowest BCUT2D eigenvalue weighted by atomic mass is 9.94. The average Bonchev–Trinajstić information content (AvgIpc) is 2.83. The van der Waals surface area contributed by atoms with Crippen molar-refractivity contribution >= 4 is 0 Å². The van der Waals surface area contributed by atoms with Gasteiger partial charge in [-0.2, -0.15) is 0 Å². The molecular weight excluding hydrogens is 158 g/mol. The van der Waals surface area contributed by atoms with Gasteiger partial charge in [-0.1, -0.05) is 34.1 Å². The summed E-state index contributed by atoms with van der Waals surface area (Å²) in [5.74, 6) is 2.80. The SMILES string of the molecule is CCCNC(C(C)CC)C1CC1C. The Morgan fingerprint density at radius 2 is 2.00 bits per heavy atom. The van der Waals surface area contributed by atoms with Crippen LogP contribution in [0.25, 0.3) is 0 Å². The Morgan fingerprint density at radius 1 is 1.38 bits per heavy atom. The fourth-order valence-electron chi connectivity index (χ4n) is 2.19. The molecule has 4 unspecified atom stereocenters. The van der Waals surface area contributed by atoms with Crippen LogP contribution in [0.2, 0.25) is 0 Å². The summed E-state index contributed by atoms with van der Waals surface area (Å²) < 4.78 is 0. The van der Waals surface area contributed by atoms with Crippen LogP contribution in [0, 0.1) is 17.8 Å². The van der Waals surface area contributed by atoms with Gasteiger partial charge in [-0.3, -0.25) is 0 Å². The molecule has 0 bridgehead atoms. The van der Waals surface area contributed by atoms with Crippen molar-refractivity contribution in [1.82, 2.24) is 5.32 Å². The first-order valence-corrected chi connectivity index (χ1v) is 5.94. The molecule has 1 nitrogen and oxygen atoms in total. The van der Waals surface area contributed by atoms with Gasteiger partial charge in [0.2, 0.25) is 0 Å². The first kappa shape index (κ1) is 11.0. The zero-order valence-corrected chi connectivity index (χ0v) is 9.64. The summed E-state index contributed by atoms with van der Waals surface area (Å²) in [5.41, 5.74) is 0. The summed E-state index contributed by atoms with van der Waals surface area (Å²) in [7, 11) is 0. The van der Waals surface area contributed by atoms with Gasteiger partial charge in [0.1, 0.15) is 0 Å². The van der Waals surface area contributed by atoms with E-state index in [-0.39, 0.29) is 0 Å². The van der Waals surface area contributed by atoms with Gasteiger partial charge in [0.25, 0.3) is 0 Å². The van der Waals surface area contributed by atoms with Crippen molar-refractivity contribution < 1.29 is 0 Å². The Balaban J connectivity index is 2.35. The Bertz CT molecular complexity index is 140. The molecule has 1 aliphatic rings. The van der Waals surface area contributed by atoms with Crippen LogP contribution in [0.3, 0.4) is 0 Å². The van der Waals surface area contributed by atoms with Crippen LogP contribution in [0.5, 0.6) is 0 Å². The second-order valence-corrected chi connectivity index (χ2v) is 4.74. The van der Waals surface area contributed by atoms with Gasteiger partial charge in [-0.15, -0.1) is 0 Å². The Labute approximate surface area is 83.3 Å². The smallest absolute Gasteiger partial charge is 0.0123 e. The standard InChI is InChI=1S/C12H25N/c1-5-7-13-12(9(3)6-2)11-8-10(11)4/h9-13H,5-8H2,1-4H3. The van der Waals surface area contributed by atoms with Crippen molar-refractivity contribution in [3.05, 3.63) is 0 Å². The summed E-state index contributed by atoms with van der Waals surface area (Å²) in [5, 5.41) is 3.71. The van der Waals surface area contributed by atoms with Crippen LogP contribution in [0.4, 0.5) is 0 Å². The molecule has 1 N–H and O–H groups in total. The molecule has 0 aliphatic heterocycles. The van der Waals surface area contributed by atoms with E-state index in [1.165, 1.54) is 25.8 Å². The van der Waals surface area contributed by atoms with E-state index in [0.29, 0.717) is 0 Å². The molecule has 0 saturated heterocycles. The van der Waals surface area contributed by atoms with Gasteiger partial charge in [-0.05, 0) is 37.1 Å². The normalized spacial score (nSPS) is 31.4. The minimum absolute atomic E-state index is 0.792. The molecule has 0 radical (unpaired) electrons. The minimum Gasteiger partial charge on any atom is -0.313 e. The molecular formula is C12H25N. The van der Waals surface area contributed by atoms with Crippen molar-refractivity contribution in [3.8, 4) is 0 Å². The first-order chi connectivity index (χ1) is 6.20. The molecule has 4 atom stereocenters. The summed E-state index contributed by atoms with van der Waals surface area (Å²) in [6.45, 7) is 10.5. The molecule has 0 aromatic rings. The summed E-state index contributed by atoms with van der Waals surface area (Å²) in [6.07, 6.45) is 4.02. The quantitative estimate of drug-likeness (QED) is 0.667. The Morgan fingerprint density at radius 3 is 2.38 bits per heavy atom. The first-order valence-electron chi connectivity index (χ1n) is 5.94. The largest absolute Gasteiger partial charge is 0.313 e. The molecule has 0 aromatic carbocycles. The molecule has 13 heavy (non-hydrogen) atoms. The highest BCUT2D eigenvalue weighted by Crippen LogP contribution is 2.43. The number of hydrogen-bond donors (Lipinski definition) is 1. The predicted molar refractivity (Wildman–Crippen MR) is 58.8 cm³/mol. The fourth-order valence-corrected chi connectivity index (χ4v) is 2.19. The maximum absolute atomic E-state index is 3.71. The number of hydrogen-bond acceptors (Lipinski definition) is 1. The lowest BCUT2D eigenvalue weighted by molar-refractivity contribution is 0.324. The van der Waals surface area contributed by atoms with Crippen molar-refractivity contribution in [3.63, 3.8) is 0 Å². The van der Waals surface area contributed by atoms with Gasteiger partial charge in [0.05, 0.1) is 0 Å². The van der Waals surface area contributed by atoms with Crippen molar-refractivity contribution in [2.45, 2.75) is 53.0 Å². The average molecular weight is 183 g/mol. The van der Waals surface area contributed by atoms with Crippen LogP contribution in [-0.2, 0) is 0 Å². The zero-order valence-electron chi connectivity index (χ0n) is 9.64. The van der Waals surface area contributed by atoms with E-state index in [9.17, 15) is 0 Å². The highest BCUT2D eigenvalue weighted by atomic mass is 14.9. The van der Waals surface area contributed by atoms with Crippen LogP contribution in [-0.4, -0.2) is 12.6 Å². The molecule has 0 amide bonds. The van der Waals surface area contributed by atoms with E-state index in [1.807, 2.05) is 0 Å². The topological polar surface area (TPSA) is 12.0 Å². The number of nitrogens with one attached hydrogen (secondary N) is 1. The fraction of sp³-hybridized carbons (Fsp3) is 1.00. The van der Waals surface area contributed by atoms with E-state index in [0.717, 1.165) is 23.8 Å². The maximum Gasteiger partial charge on any atom is 0.0123 e. The molecule has 78 valence electrons. The molecule has 1 fully saturated rings. The summed E-state index contributed by atoms with van der Waals surface area (Å²) in [4.78, 5) is 0. The highest BCUT2D eigenvalue weighted by Gasteiger charge is 2.40. The van der Waals surface area contributed by atoms with Crippen molar-refractivity contribution in [2.24, 2.45) is 17.8 Å². The zero-order chi connectivity index (χ0) is 9.84. The van der Waals surface area contributed by atoms with Gasteiger partial charge in [0.15, 0.2) is 0 Å². The maximum atomic E-state index is 3.71. The monoisotopic (exact) mass is 183 g/mol. The van der Waals surface area contributed by atoms with Crippen molar-refractivity contribution in [1.29, 1.82) is 0 Å². The summed E-state index contributed by atoms with van der Waals surface area (Å²) >= 11 is 0. The van der Waals surface area contributed by atoms with E-state index in [4.69, 9.17) is 0 Å². The molecule has 1 heteroatoms. The summed E-state index contributed by atoms with van der Waals surface area (Å²) in [6, 6.07) is 0.792. The highest BCUT2D eigenvalue weighted by molar-refractivity contribution is 4.94. The third-order valence-corrected chi connectivity index (χ3v) is 3.52. The molecule has 0 aromatic heterocycles. The van der Waals surface area contributed by atoms with Gasteiger partial charge in [0, 0.05) is 6.04 Å². The molecule has 0 spiro atoms. The third kappa shape index (κ3) is 2.98. The van der Waals surface area contributed by atoms with E-state index >= 15 is 0 Å². The van der Waals surface area contributed by atoms with Gasteiger partial charge >= 0.3 is 0 Å². The number of rotatable bonds is 6. The lowest BCUT2D eigenvalue weighted by Crippen LogP contribution is -2.37. The van der Waals surface area contributed by atoms with Gasteiger partial charge < -0.3 is 5.32 Å². The van der Waals surface area contributed by atoms with Crippen LogP contribution in [0.1, 0.15) is 47.0 Å². The molecule has 1 saturated carbocycles. The Hall–Kier alpha value is -0.0400. The minimum atomic E-state index is 0.792. The second kappa shape index (κ2) is 4.99. The van der Waals surface area contributed by atoms with Crippen LogP contribution >= 0.6 is 0 Å². The molecule has 1 rings (SSSR count). The predicted octanol–water partition coefficient (Wildman–Crippen LogP) is 3.06. The molecule has 0 heterocycles. The van der Waals surface area contributed by atoms with Crippen molar-refractivity contribution in [2.75, 3.05) is 6.54 Å². The lowest BCUT2D eigenvalue weighted by Gasteiger charge is -2.24. The molecule has 1 aliphatic carbocycles. The van der Waals surface area contributed by atoms with Gasteiger partial charge in [-0.25, -0.2) is 0 Å². The Kier molecular flexibility index (Phi) is 4.24. The van der Waals surface area contributed by atoms with E-state index in [2.05, 4.69) is 33.0 Å². The van der Waals surface area contributed by atoms with E-state index < -0.39 is 0 Å².